The molecule has 3 rings (SSSR count). The molecule has 0 radical (unpaired) electrons. The molecule has 2 aliphatic rings. The summed E-state index contributed by atoms with van der Waals surface area (Å²) >= 11 is 0. The van der Waals surface area contributed by atoms with Crippen molar-refractivity contribution >= 4 is 0 Å². The van der Waals surface area contributed by atoms with E-state index in [9.17, 15) is 4.39 Å². The number of ether oxygens (including phenoxy) is 1. The lowest BCUT2D eigenvalue weighted by Gasteiger charge is -2.35. The average Bonchev–Trinajstić information content (AvgIpc) is 2.73. The van der Waals surface area contributed by atoms with Crippen LogP contribution in [0.25, 0.3) is 0 Å². The predicted octanol–water partition coefficient (Wildman–Crippen LogP) is 1.42. The molecular formula is C14H19FN2O. The number of nitrogens with zero attached hydrogens (tertiary/aromatic N) is 1. The molecule has 1 fully saturated rings. The van der Waals surface area contributed by atoms with E-state index in [4.69, 9.17) is 4.74 Å². The third-order valence-electron chi connectivity index (χ3n) is 3.84. The molecule has 0 saturated carbocycles. The van der Waals surface area contributed by atoms with E-state index in [2.05, 4.69) is 17.1 Å². The van der Waals surface area contributed by atoms with Crippen LogP contribution in [0.2, 0.25) is 0 Å². The highest BCUT2D eigenvalue weighted by Crippen LogP contribution is 2.29. The second-order valence-corrected chi connectivity index (χ2v) is 5.24. The molecule has 2 aliphatic heterocycles. The highest BCUT2D eigenvalue weighted by atomic mass is 19.1. The molecule has 0 aliphatic carbocycles. The fourth-order valence-corrected chi connectivity index (χ4v) is 2.81. The lowest BCUT2D eigenvalue weighted by molar-refractivity contribution is 0.106. The number of rotatable bonds is 2. The molecule has 3 nitrogen and oxygen atoms in total. The molecule has 2 heterocycles. The van der Waals surface area contributed by atoms with Gasteiger partial charge in [-0.15, -0.1) is 0 Å². The van der Waals surface area contributed by atoms with E-state index in [-0.39, 0.29) is 11.9 Å². The van der Waals surface area contributed by atoms with Gasteiger partial charge in [-0.1, -0.05) is 0 Å². The third-order valence-corrected chi connectivity index (χ3v) is 3.84. The van der Waals surface area contributed by atoms with Gasteiger partial charge in [0.1, 0.15) is 17.7 Å². The fourth-order valence-electron chi connectivity index (χ4n) is 2.81. The van der Waals surface area contributed by atoms with Gasteiger partial charge in [-0.2, -0.15) is 0 Å². The average molecular weight is 250 g/mol. The highest BCUT2D eigenvalue weighted by molar-refractivity contribution is 5.37. The molecule has 1 N–H and O–H groups in total. The second-order valence-electron chi connectivity index (χ2n) is 5.24. The number of hydrogen-bond acceptors (Lipinski definition) is 3. The zero-order valence-corrected chi connectivity index (χ0v) is 10.7. The number of fused-ring (bicyclic) bond motifs is 1. The van der Waals surface area contributed by atoms with Crippen LogP contribution in [0.1, 0.15) is 12.5 Å². The summed E-state index contributed by atoms with van der Waals surface area (Å²) in [4.78, 5) is 2.45. The molecule has 4 heteroatoms. The van der Waals surface area contributed by atoms with Crippen molar-refractivity contribution in [3.05, 3.63) is 29.6 Å². The van der Waals surface area contributed by atoms with Gasteiger partial charge in [-0.25, -0.2) is 4.39 Å². The molecule has 1 aromatic carbocycles. The summed E-state index contributed by atoms with van der Waals surface area (Å²) in [7, 11) is 0. The molecular weight excluding hydrogens is 231 g/mol. The van der Waals surface area contributed by atoms with Crippen molar-refractivity contribution < 1.29 is 9.13 Å². The summed E-state index contributed by atoms with van der Waals surface area (Å²) in [6.07, 6.45) is 0.992. The van der Waals surface area contributed by atoms with Crippen LogP contribution >= 0.6 is 0 Å². The summed E-state index contributed by atoms with van der Waals surface area (Å²) in [6, 6.07) is 5.35. The maximum Gasteiger partial charge on any atom is 0.123 e. The van der Waals surface area contributed by atoms with Crippen molar-refractivity contribution in [1.29, 1.82) is 0 Å². The Morgan fingerprint density at radius 3 is 3.22 bits per heavy atom. The van der Waals surface area contributed by atoms with Crippen LogP contribution in [0, 0.1) is 5.82 Å². The number of hydrogen-bond donors (Lipinski definition) is 1. The molecule has 98 valence electrons. The summed E-state index contributed by atoms with van der Waals surface area (Å²) in [6.45, 7) is 6.30. The van der Waals surface area contributed by atoms with Crippen molar-refractivity contribution in [2.75, 3.05) is 26.2 Å². The quantitative estimate of drug-likeness (QED) is 0.859. The normalized spacial score (nSPS) is 27.9. The second kappa shape index (κ2) is 4.86. The Bertz CT molecular complexity index is 438. The molecule has 1 unspecified atom stereocenters. The zero-order chi connectivity index (χ0) is 12.5. The Morgan fingerprint density at radius 2 is 2.39 bits per heavy atom. The van der Waals surface area contributed by atoms with Gasteiger partial charge >= 0.3 is 0 Å². The first kappa shape index (κ1) is 11.9. The van der Waals surface area contributed by atoms with Gasteiger partial charge in [0, 0.05) is 44.2 Å². The number of halogens is 1. The van der Waals surface area contributed by atoms with Crippen molar-refractivity contribution in [2.45, 2.75) is 25.5 Å². The van der Waals surface area contributed by atoms with Gasteiger partial charge in [-0.3, -0.25) is 4.90 Å². The number of nitrogens with one attached hydrogen (secondary N) is 1. The molecule has 1 aromatic rings. The van der Waals surface area contributed by atoms with Crippen molar-refractivity contribution in [1.82, 2.24) is 10.2 Å². The number of piperazine rings is 1. The summed E-state index contributed by atoms with van der Waals surface area (Å²) < 4.78 is 19.0. The summed E-state index contributed by atoms with van der Waals surface area (Å²) in [5.74, 6) is 0.678. The van der Waals surface area contributed by atoms with Crippen LogP contribution < -0.4 is 10.1 Å². The maximum absolute atomic E-state index is 13.1. The van der Waals surface area contributed by atoms with E-state index in [0.717, 1.165) is 43.9 Å². The SMILES string of the molecule is C[C@@H]1CNCCN1CC1Cc2cc(F)ccc2O1. The first-order valence-corrected chi connectivity index (χ1v) is 6.62. The van der Waals surface area contributed by atoms with E-state index in [0.29, 0.717) is 6.04 Å². The van der Waals surface area contributed by atoms with Gasteiger partial charge in [0.25, 0.3) is 0 Å². The van der Waals surface area contributed by atoms with E-state index in [1.54, 1.807) is 12.1 Å². The molecule has 18 heavy (non-hydrogen) atoms. The van der Waals surface area contributed by atoms with Crippen molar-refractivity contribution in [3.8, 4) is 5.75 Å². The summed E-state index contributed by atoms with van der Waals surface area (Å²) in [5.41, 5.74) is 1.00. The van der Waals surface area contributed by atoms with Crippen LogP contribution in [0.3, 0.4) is 0 Å². The van der Waals surface area contributed by atoms with Crippen LogP contribution in [0.15, 0.2) is 18.2 Å². The van der Waals surface area contributed by atoms with Crippen molar-refractivity contribution in [3.63, 3.8) is 0 Å². The molecule has 0 bridgehead atoms. The minimum Gasteiger partial charge on any atom is -0.488 e. The summed E-state index contributed by atoms with van der Waals surface area (Å²) in [5, 5.41) is 3.38. The Hall–Kier alpha value is -1.13. The van der Waals surface area contributed by atoms with Crippen LogP contribution in [-0.2, 0) is 6.42 Å². The first-order chi connectivity index (χ1) is 8.72. The predicted molar refractivity (Wildman–Crippen MR) is 68.4 cm³/mol. The van der Waals surface area contributed by atoms with Crippen molar-refractivity contribution in [2.24, 2.45) is 0 Å². The molecule has 0 aromatic heterocycles. The topological polar surface area (TPSA) is 24.5 Å². The molecule has 2 atom stereocenters. The lowest BCUT2D eigenvalue weighted by atomic mass is 10.1. The minimum absolute atomic E-state index is 0.169. The Kier molecular flexibility index (Phi) is 3.22. The smallest absolute Gasteiger partial charge is 0.123 e. The first-order valence-electron chi connectivity index (χ1n) is 6.62. The third kappa shape index (κ3) is 2.35. The molecule has 0 spiro atoms. The van der Waals surface area contributed by atoms with Gasteiger partial charge in [0.15, 0.2) is 0 Å². The van der Waals surface area contributed by atoms with E-state index >= 15 is 0 Å². The van der Waals surface area contributed by atoms with Gasteiger partial charge in [0.2, 0.25) is 0 Å². The molecule has 1 saturated heterocycles. The van der Waals surface area contributed by atoms with Gasteiger partial charge in [-0.05, 0) is 25.1 Å². The van der Waals surface area contributed by atoms with Crippen LogP contribution in [-0.4, -0.2) is 43.2 Å². The van der Waals surface area contributed by atoms with Gasteiger partial charge in [0.05, 0.1) is 0 Å². The maximum atomic E-state index is 13.1. The fraction of sp³-hybridized carbons (Fsp3) is 0.571. The lowest BCUT2D eigenvalue weighted by Crippen LogP contribution is -2.52. The highest BCUT2D eigenvalue weighted by Gasteiger charge is 2.27. The Morgan fingerprint density at radius 1 is 1.50 bits per heavy atom. The Balaban J connectivity index is 1.63. The molecule has 0 amide bonds. The standard InChI is InChI=1S/C14H19FN2O/c1-10-8-16-4-5-17(10)9-13-7-11-6-12(15)2-3-14(11)18-13/h2-3,6,10,13,16H,4-5,7-9H2,1H3/t10-,13?/m1/s1. The van der Waals surface area contributed by atoms with E-state index in [1.165, 1.54) is 6.07 Å². The Labute approximate surface area is 107 Å². The van der Waals surface area contributed by atoms with Gasteiger partial charge < -0.3 is 10.1 Å². The van der Waals surface area contributed by atoms with E-state index in [1.807, 2.05) is 0 Å². The largest absolute Gasteiger partial charge is 0.488 e. The minimum atomic E-state index is -0.173. The van der Waals surface area contributed by atoms with Crippen LogP contribution in [0.4, 0.5) is 4.39 Å². The number of benzene rings is 1. The monoisotopic (exact) mass is 250 g/mol. The van der Waals surface area contributed by atoms with E-state index < -0.39 is 0 Å². The zero-order valence-electron chi connectivity index (χ0n) is 10.7. The van der Waals surface area contributed by atoms with Crippen LogP contribution in [0.5, 0.6) is 5.75 Å².